The lowest BCUT2D eigenvalue weighted by Crippen LogP contribution is -2.35. The summed E-state index contributed by atoms with van der Waals surface area (Å²) in [6, 6.07) is 14.8. The van der Waals surface area contributed by atoms with Crippen LogP contribution in [0.2, 0.25) is 0 Å². The average Bonchev–Trinajstić information content (AvgIpc) is 3.39. The second-order valence-corrected chi connectivity index (χ2v) is 7.35. The zero-order chi connectivity index (χ0) is 18.3. The Morgan fingerprint density at radius 3 is 2.42 bits per heavy atom. The van der Waals surface area contributed by atoms with Crippen LogP contribution in [0.3, 0.4) is 0 Å². The van der Waals surface area contributed by atoms with E-state index in [0.29, 0.717) is 30.6 Å². The van der Waals surface area contributed by atoms with Crippen molar-refractivity contribution in [2.24, 2.45) is 5.92 Å². The summed E-state index contributed by atoms with van der Waals surface area (Å²) < 4.78 is 15.1. The highest BCUT2D eigenvalue weighted by Crippen LogP contribution is 2.56. The van der Waals surface area contributed by atoms with Crippen LogP contribution in [0.5, 0.6) is 0 Å². The highest BCUT2D eigenvalue weighted by atomic mass is 19.1. The molecule has 4 heteroatoms. The van der Waals surface area contributed by atoms with Crippen molar-refractivity contribution in [3.05, 3.63) is 70.8 Å². The number of nitrogens with zero attached hydrogens (tertiary/aromatic N) is 1. The molecule has 3 nitrogen and oxygen atoms in total. The number of halogens is 1. The zero-order valence-electron chi connectivity index (χ0n) is 14.9. The highest BCUT2D eigenvalue weighted by molar-refractivity contribution is 5.94. The number of hydrogen-bond donors (Lipinski definition) is 0. The number of fused-ring (bicyclic) bond motifs is 1. The molecule has 1 aliphatic carbocycles. The Morgan fingerprint density at radius 2 is 1.73 bits per heavy atom. The maximum atomic E-state index is 15.1. The lowest BCUT2D eigenvalue weighted by Gasteiger charge is -2.21. The van der Waals surface area contributed by atoms with E-state index in [9.17, 15) is 9.59 Å². The maximum Gasteiger partial charge on any atom is 0.229 e. The summed E-state index contributed by atoms with van der Waals surface area (Å²) in [4.78, 5) is 26.2. The molecule has 1 heterocycles. The van der Waals surface area contributed by atoms with Crippen LogP contribution in [0, 0.1) is 5.92 Å². The maximum absolute atomic E-state index is 15.1. The Morgan fingerprint density at radius 1 is 1.04 bits per heavy atom. The van der Waals surface area contributed by atoms with Crippen molar-refractivity contribution < 1.29 is 14.0 Å². The Balaban J connectivity index is 1.47. The van der Waals surface area contributed by atoms with Gasteiger partial charge in [-0.3, -0.25) is 9.59 Å². The third kappa shape index (κ3) is 2.94. The minimum atomic E-state index is -1.51. The largest absolute Gasteiger partial charge is 0.342 e. The fraction of sp³-hybridized carbons (Fsp3) is 0.364. The Hall–Kier alpha value is -2.49. The molecule has 0 N–H and O–H groups in total. The van der Waals surface area contributed by atoms with E-state index < -0.39 is 11.6 Å². The van der Waals surface area contributed by atoms with Crippen molar-refractivity contribution >= 4 is 11.7 Å². The van der Waals surface area contributed by atoms with Gasteiger partial charge in [-0.15, -0.1) is 0 Å². The van der Waals surface area contributed by atoms with E-state index in [0.717, 1.165) is 12.0 Å². The molecule has 0 saturated heterocycles. The number of rotatable bonds is 3. The summed E-state index contributed by atoms with van der Waals surface area (Å²) in [5.41, 5.74) is 2.09. The van der Waals surface area contributed by atoms with E-state index in [2.05, 4.69) is 0 Å². The lowest BCUT2D eigenvalue weighted by atomic mass is 9.99. The first-order valence-electron chi connectivity index (χ1n) is 9.15. The van der Waals surface area contributed by atoms with E-state index in [1.165, 1.54) is 5.56 Å². The monoisotopic (exact) mass is 351 g/mol. The standard InChI is InChI=1S/C22H22FNO2/c1-15(25)17-8-7-16-9-11-24(12-10-18(16)13-17)21(26)20-14-22(20,23)19-5-3-2-4-6-19/h2-8,13,20H,9-12,14H2,1H3. The lowest BCUT2D eigenvalue weighted by molar-refractivity contribution is -0.133. The van der Waals surface area contributed by atoms with E-state index >= 15 is 4.39 Å². The van der Waals surface area contributed by atoms with E-state index in [4.69, 9.17) is 0 Å². The number of hydrogen-bond acceptors (Lipinski definition) is 2. The first-order valence-corrected chi connectivity index (χ1v) is 9.15. The van der Waals surface area contributed by atoms with Gasteiger partial charge in [0.2, 0.25) is 5.91 Å². The third-order valence-corrected chi connectivity index (χ3v) is 5.67. The molecule has 1 aliphatic heterocycles. The SMILES string of the molecule is CC(=O)c1ccc2c(c1)CCN(C(=O)C1CC1(F)c1ccccc1)CC2. The van der Waals surface area contributed by atoms with E-state index in [1.54, 1.807) is 24.0 Å². The number of ketones is 1. The number of carbonyl (C=O) groups excluding carboxylic acids is 2. The van der Waals surface area contributed by atoms with Crippen LogP contribution in [-0.4, -0.2) is 29.7 Å². The van der Waals surface area contributed by atoms with Gasteiger partial charge in [-0.1, -0.05) is 42.5 Å². The van der Waals surface area contributed by atoms with Gasteiger partial charge in [0.1, 0.15) is 5.67 Å². The number of benzene rings is 2. The van der Waals surface area contributed by atoms with Crippen molar-refractivity contribution in [1.82, 2.24) is 4.90 Å². The summed E-state index contributed by atoms with van der Waals surface area (Å²) in [5, 5.41) is 0. The fourth-order valence-corrected chi connectivity index (χ4v) is 3.94. The van der Waals surface area contributed by atoms with Crippen LogP contribution >= 0.6 is 0 Å². The highest BCUT2D eigenvalue weighted by Gasteiger charge is 2.61. The van der Waals surface area contributed by atoms with Gasteiger partial charge in [-0.2, -0.15) is 0 Å². The molecule has 1 saturated carbocycles. The molecule has 2 aliphatic rings. The van der Waals surface area contributed by atoms with Crippen LogP contribution in [0.4, 0.5) is 4.39 Å². The minimum absolute atomic E-state index is 0.0491. The predicted molar refractivity (Wildman–Crippen MR) is 97.8 cm³/mol. The van der Waals surface area contributed by atoms with Crippen molar-refractivity contribution in [2.45, 2.75) is 31.9 Å². The van der Waals surface area contributed by atoms with E-state index in [-0.39, 0.29) is 18.1 Å². The number of amides is 1. The Labute approximate surface area is 152 Å². The molecule has 4 rings (SSSR count). The molecule has 1 amide bonds. The molecule has 0 aromatic heterocycles. The van der Waals surface area contributed by atoms with Gasteiger partial charge >= 0.3 is 0 Å². The molecule has 0 spiro atoms. The molecule has 1 fully saturated rings. The third-order valence-electron chi connectivity index (χ3n) is 5.67. The van der Waals surface area contributed by atoms with Gasteiger partial charge in [0.05, 0.1) is 5.92 Å². The number of alkyl halides is 1. The molecule has 134 valence electrons. The quantitative estimate of drug-likeness (QED) is 0.791. The Bertz CT molecular complexity index is 864. The molecule has 2 aromatic rings. The average molecular weight is 351 g/mol. The van der Waals surface area contributed by atoms with Gasteiger partial charge in [0.25, 0.3) is 0 Å². The van der Waals surface area contributed by atoms with Crippen LogP contribution < -0.4 is 0 Å². The molecule has 2 atom stereocenters. The summed E-state index contributed by atoms with van der Waals surface area (Å²) in [6.45, 7) is 2.74. The van der Waals surface area contributed by atoms with E-state index in [1.807, 2.05) is 36.4 Å². The van der Waals surface area contributed by atoms with Crippen LogP contribution in [0.15, 0.2) is 48.5 Å². The number of Topliss-reactive ketones (excluding diaryl/α,β-unsaturated/α-hetero) is 1. The second-order valence-electron chi connectivity index (χ2n) is 7.35. The molecular weight excluding hydrogens is 329 g/mol. The molecule has 0 bridgehead atoms. The Kier molecular flexibility index (Phi) is 4.14. The molecule has 2 aromatic carbocycles. The molecular formula is C22H22FNO2. The topological polar surface area (TPSA) is 37.4 Å². The van der Waals surface area contributed by atoms with Crippen LogP contribution in [0.1, 0.15) is 40.4 Å². The molecule has 0 radical (unpaired) electrons. The minimum Gasteiger partial charge on any atom is -0.342 e. The summed E-state index contributed by atoms with van der Waals surface area (Å²) in [6.07, 6.45) is 1.73. The predicted octanol–water partition coefficient (Wildman–Crippen LogP) is 3.70. The van der Waals surface area contributed by atoms with Gasteiger partial charge in [-0.05, 0) is 42.5 Å². The summed E-state index contributed by atoms with van der Waals surface area (Å²) in [5.74, 6) is -0.608. The number of carbonyl (C=O) groups is 2. The van der Waals surface area contributed by atoms with Gasteiger partial charge in [-0.25, -0.2) is 4.39 Å². The van der Waals surface area contributed by atoms with Gasteiger partial charge in [0.15, 0.2) is 5.78 Å². The van der Waals surface area contributed by atoms with Crippen molar-refractivity contribution in [2.75, 3.05) is 13.1 Å². The zero-order valence-corrected chi connectivity index (χ0v) is 14.9. The van der Waals surface area contributed by atoms with Crippen molar-refractivity contribution in [3.8, 4) is 0 Å². The molecule has 26 heavy (non-hydrogen) atoms. The first-order chi connectivity index (χ1) is 12.5. The van der Waals surface area contributed by atoms with Crippen molar-refractivity contribution in [1.29, 1.82) is 0 Å². The molecule has 2 unspecified atom stereocenters. The first kappa shape index (κ1) is 17.0. The second kappa shape index (κ2) is 6.35. The van der Waals surface area contributed by atoms with Gasteiger partial charge < -0.3 is 4.90 Å². The fourth-order valence-electron chi connectivity index (χ4n) is 3.94. The normalized spacial score (nSPS) is 24.5. The summed E-state index contributed by atoms with van der Waals surface area (Å²) in [7, 11) is 0. The van der Waals surface area contributed by atoms with Gasteiger partial charge in [0, 0.05) is 25.1 Å². The summed E-state index contributed by atoms with van der Waals surface area (Å²) >= 11 is 0. The smallest absolute Gasteiger partial charge is 0.229 e. The van der Waals surface area contributed by atoms with Crippen LogP contribution in [-0.2, 0) is 23.3 Å². The van der Waals surface area contributed by atoms with Crippen molar-refractivity contribution in [3.63, 3.8) is 0 Å². The van der Waals surface area contributed by atoms with Crippen LogP contribution in [0.25, 0.3) is 0 Å².